The maximum atomic E-state index is 6.51. The van der Waals surface area contributed by atoms with E-state index >= 15 is 0 Å². The first-order valence-electron chi connectivity index (χ1n) is 11.4. The summed E-state index contributed by atoms with van der Waals surface area (Å²) in [6.45, 7) is 21.8. The molecule has 3 rings (SSSR count). The fourth-order valence-corrected chi connectivity index (χ4v) is 10.9. The van der Waals surface area contributed by atoms with Crippen LogP contribution in [-0.4, -0.2) is 64.0 Å². The van der Waals surface area contributed by atoms with Crippen LogP contribution in [0.2, 0.25) is 16.6 Å². The summed E-state index contributed by atoms with van der Waals surface area (Å²) in [5.74, 6) is -1.42. The highest BCUT2D eigenvalue weighted by Crippen LogP contribution is 2.45. The molecular weight excluding hydrogens is 404 g/mol. The molecule has 0 amide bonds. The van der Waals surface area contributed by atoms with Crippen molar-refractivity contribution in [3.63, 3.8) is 0 Å². The lowest BCUT2D eigenvalue weighted by Crippen LogP contribution is -2.56. The lowest BCUT2D eigenvalue weighted by atomic mass is 9.99. The van der Waals surface area contributed by atoms with Gasteiger partial charge in [-0.3, -0.25) is 0 Å². The maximum absolute atomic E-state index is 6.51. The Hall–Kier alpha value is -0.0631. The molecule has 3 saturated heterocycles. The molecule has 3 aliphatic heterocycles. The van der Waals surface area contributed by atoms with Gasteiger partial charge >= 0.3 is 0 Å². The van der Waals surface area contributed by atoms with Crippen molar-refractivity contribution in [2.75, 3.05) is 13.4 Å². The van der Waals surface area contributed by atoms with Crippen LogP contribution < -0.4 is 0 Å². The first-order valence-corrected chi connectivity index (χ1v) is 13.5. The van der Waals surface area contributed by atoms with Crippen molar-refractivity contribution in [3.05, 3.63) is 0 Å². The number of hydrogen-bond donors (Lipinski definition) is 0. The molecule has 3 fully saturated rings. The average Bonchev–Trinajstić information content (AvgIpc) is 3.07. The van der Waals surface area contributed by atoms with Crippen LogP contribution in [0.25, 0.3) is 0 Å². The number of ether oxygens (including phenoxy) is 6. The highest BCUT2D eigenvalue weighted by molar-refractivity contribution is 6.77. The zero-order valence-electron chi connectivity index (χ0n) is 20.4. The van der Waals surface area contributed by atoms with Gasteiger partial charge in [0.15, 0.2) is 17.9 Å². The van der Waals surface area contributed by atoms with Gasteiger partial charge < -0.3 is 32.8 Å². The number of rotatable bonds is 8. The molecule has 0 aliphatic carbocycles. The predicted molar refractivity (Wildman–Crippen MR) is 115 cm³/mol. The third kappa shape index (κ3) is 4.66. The van der Waals surface area contributed by atoms with Crippen molar-refractivity contribution in [2.24, 2.45) is 0 Å². The van der Waals surface area contributed by atoms with E-state index in [1.54, 1.807) is 0 Å². The smallest absolute Gasteiger partial charge is 0.203 e. The monoisotopic (exact) mass is 446 g/mol. The minimum Gasteiger partial charge on any atom is -0.394 e. The highest BCUT2D eigenvalue weighted by atomic mass is 28.4. The van der Waals surface area contributed by atoms with Crippen molar-refractivity contribution in [1.29, 1.82) is 0 Å². The minimum absolute atomic E-state index is 0.259. The Balaban J connectivity index is 1.63. The molecule has 0 spiro atoms. The molecule has 0 radical (unpaired) electrons. The number of hydrogen-bond acceptors (Lipinski definition) is 7. The molecule has 0 saturated carbocycles. The van der Waals surface area contributed by atoms with Gasteiger partial charge in [0.1, 0.15) is 31.2 Å². The molecule has 0 unspecified atom stereocenters. The van der Waals surface area contributed by atoms with Crippen LogP contribution in [0.4, 0.5) is 0 Å². The van der Waals surface area contributed by atoms with E-state index in [9.17, 15) is 0 Å². The second-order valence-electron chi connectivity index (χ2n) is 10.7. The highest BCUT2D eigenvalue weighted by Gasteiger charge is 2.60. The normalized spacial score (nSPS) is 35.3. The Kier molecular flexibility index (Phi) is 7.13. The maximum Gasteiger partial charge on any atom is 0.203 e. The summed E-state index contributed by atoms with van der Waals surface area (Å²) in [5.41, 5.74) is 1.53. The number of fused-ring (bicyclic) bond motifs is 3. The van der Waals surface area contributed by atoms with Gasteiger partial charge in [0.05, 0.1) is 6.61 Å². The van der Waals surface area contributed by atoms with E-state index < -0.39 is 26.2 Å². The average molecular weight is 447 g/mol. The van der Waals surface area contributed by atoms with E-state index in [0.717, 1.165) is 0 Å². The summed E-state index contributed by atoms with van der Waals surface area (Å²) >= 11 is 0. The largest absolute Gasteiger partial charge is 0.394 e. The molecule has 5 atom stereocenters. The summed E-state index contributed by atoms with van der Waals surface area (Å²) in [6.07, 6.45) is -1.66. The molecule has 7 nitrogen and oxygen atoms in total. The molecule has 3 aliphatic rings. The van der Waals surface area contributed by atoms with Crippen molar-refractivity contribution >= 4 is 8.32 Å². The molecule has 0 bridgehead atoms. The third-order valence-corrected chi connectivity index (χ3v) is 12.7. The second-order valence-corrected chi connectivity index (χ2v) is 16.1. The fourth-order valence-electron chi connectivity index (χ4n) is 5.64. The summed E-state index contributed by atoms with van der Waals surface area (Å²) in [6, 6.07) is 0. The summed E-state index contributed by atoms with van der Waals surface area (Å²) < 4.78 is 43.0. The van der Waals surface area contributed by atoms with Gasteiger partial charge in [-0.15, -0.1) is 0 Å². The molecule has 0 N–H and O–H groups in total. The van der Waals surface area contributed by atoms with Crippen LogP contribution >= 0.6 is 0 Å². The fraction of sp³-hybridized carbons (Fsp3) is 1.00. The molecule has 0 aromatic carbocycles. The van der Waals surface area contributed by atoms with Crippen molar-refractivity contribution < 1.29 is 32.8 Å². The van der Waals surface area contributed by atoms with Crippen LogP contribution in [0, 0.1) is 0 Å². The first-order chi connectivity index (χ1) is 13.8. The van der Waals surface area contributed by atoms with Crippen molar-refractivity contribution in [2.45, 2.75) is 128 Å². The van der Waals surface area contributed by atoms with Gasteiger partial charge in [0, 0.05) is 0 Å². The van der Waals surface area contributed by atoms with Gasteiger partial charge in [-0.05, 0) is 44.3 Å². The van der Waals surface area contributed by atoms with Gasteiger partial charge in [-0.2, -0.15) is 0 Å². The molecule has 176 valence electrons. The van der Waals surface area contributed by atoms with Crippen LogP contribution in [-0.2, 0) is 32.8 Å². The lowest BCUT2D eigenvalue weighted by molar-refractivity contribution is -0.245. The Morgan fingerprint density at radius 1 is 0.733 bits per heavy atom. The summed E-state index contributed by atoms with van der Waals surface area (Å²) in [7, 11) is -1.97. The van der Waals surface area contributed by atoms with Crippen LogP contribution in [0.3, 0.4) is 0 Å². The summed E-state index contributed by atoms with van der Waals surface area (Å²) in [4.78, 5) is 0. The van der Waals surface area contributed by atoms with Gasteiger partial charge in [0.25, 0.3) is 0 Å². The molecular formula is C22H42O7Si. The molecule has 0 aromatic heterocycles. The van der Waals surface area contributed by atoms with Gasteiger partial charge in [-0.1, -0.05) is 41.5 Å². The molecule has 8 heteroatoms. The quantitative estimate of drug-likeness (QED) is 0.308. The molecule has 3 heterocycles. The van der Waals surface area contributed by atoms with E-state index in [1.807, 2.05) is 27.7 Å². The Labute approximate surface area is 183 Å². The first kappa shape index (κ1) is 24.6. The van der Waals surface area contributed by atoms with E-state index in [-0.39, 0.29) is 31.2 Å². The van der Waals surface area contributed by atoms with E-state index in [0.29, 0.717) is 23.2 Å². The second kappa shape index (κ2) is 8.70. The topological polar surface area (TPSA) is 64.6 Å². The van der Waals surface area contributed by atoms with Crippen LogP contribution in [0.1, 0.15) is 69.2 Å². The molecule has 0 aromatic rings. The van der Waals surface area contributed by atoms with E-state index in [2.05, 4.69) is 41.5 Å². The van der Waals surface area contributed by atoms with Crippen molar-refractivity contribution in [3.8, 4) is 0 Å². The zero-order chi connectivity index (χ0) is 22.5. The summed E-state index contributed by atoms with van der Waals surface area (Å²) in [5, 5.41) is 0. The van der Waals surface area contributed by atoms with Crippen LogP contribution in [0.15, 0.2) is 0 Å². The molecule has 30 heavy (non-hydrogen) atoms. The van der Waals surface area contributed by atoms with E-state index in [4.69, 9.17) is 32.8 Å². The predicted octanol–water partition coefficient (Wildman–Crippen LogP) is 4.55. The van der Waals surface area contributed by atoms with Crippen LogP contribution in [0.5, 0.6) is 0 Å². The Morgan fingerprint density at radius 3 is 1.80 bits per heavy atom. The van der Waals surface area contributed by atoms with Gasteiger partial charge in [0.2, 0.25) is 8.32 Å². The van der Waals surface area contributed by atoms with E-state index in [1.165, 1.54) is 0 Å². The Bertz CT molecular complexity index is 570. The third-order valence-electron chi connectivity index (χ3n) is 6.63. The lowest BCUT2D eigenvalue weighted by Gasteiger charge is -2.42. The van der Waals surface area contributed by atoms with Gasteiger partial charge in [-0.25, -0.2) is 0 Å². The van der Waals surface area contributed by atoms with Crippen molar-refractivity contribution in [1.82, 2.24) is 0 Å². The Morgan fingerprint density at radius 2 is 1.23 bits per heavy atom. The zero-order valence-corrected chi connectivity index (χ0v) is 21.4. The minimum atomic E-state index is -1.97. The SMILES string of the molecule is CC(C)[Si](OCOC[C@H]1O[C@@H]2OC(C)(C)O[C@@H]2[C@H]2OC(C)(C)O[C@H]21)(C(C)C)C(C)C. The standard InChI is InChI=1S/C22H42O7Si/c1-13(2)30(14(3)4,15(5)6)24-12-23-11-16-17-18(27-21(7,8)26-17)19-20(25-16)29-22(9,10)28-19/h13-20H,11-12H2,1-10H3/t16-,17+,18+,19-,20-/m1/s1.